The Balaban J connectivity index is 0.00000288. The quantitative estimate of drug-likeness (QED) is 0.714. The molecule has 1 amide bonds. The first-order chi connectivity index (χ1) is 11.1. The van der Waals surface area contributed by atoms with Gasteiger partial charge in [-0.25, -0.2) is 4.98 Å². The highest BCUT2D eigenvalue weighted by Gasteiger charge is 2.33. The van der Waals surface area contributed by atoms with Crippen molar-refractivity contribution in [1.29, 1.82) is 0 Å². The van der Waals surface area contributed by atoms with Gasteiger partial charge in [0.15, 0.2) is 5.13 Å². The van der Waals surface area contributed by atoms with Crippen molar-refractivity contribution in [3.05, 3.63) is 11.1 Å². The van der Waals surface area contributed by atoms with E-state index in [0.29, 0.717) is 30.4 Å². The Bertz CT molecular complexity index is 544. The number of ether oxygens (including phenoxy) is 1. The van der Waals surface area contributed by atoms with Gasteiger partial charge >= 0.3 is 5.97 Å². The van der Waals surface area contributed by atoms with Gasteiger partial charge in [-0.15, -0.1) is 23.7 Å². The molecule has 24 heavy (non-hydrogen) atoms. The minimum atomic E-state index is -0.306. The maximum absolute atomic E-state index is 12.3. The van der Waals surface area contributed by atoms with Crippen molar-refractivity contribution in [2.75, 3.05) is 18.5 Å². The molecule has 1 saturated carbocycles. The Labute approximate surface area is 153 Å². The normalized spacial score (nSPS) is 16.1. The maximum atomic E-state index is 12.3. The molecule has 0 bridgehead atoms. The zero-order valence-corrected chi connectivity index (χ0v) is 15.6. The van der Waals surface area contributed by atoms with E-state index in [9.17, 15) is 9.59 Å². The van der Waals surface area contributed by atoms with Crippen molar-refractivity contribution in [2.45, 2.75) is 51.9 Å². The van der Waals surface area contributed by atoms with Crippen LogP contribution in [0.15, 0.2) is 5.38 Å². The summed E-state index contributed by atoms with van der Waals surface area (Å²) in [7, 11) is 0. The molecule has 1 fully saturated rings. The largest absolute Gasteiger partial charge is 0.466 e. The molecule has 1 heterocycles. The van der Waals surface area contributed by atoms with Crippen LogP contribution in [0.2, 0.25) is 0 Å². The summed E-state index contributed by atoms with van der Waals surface area (Å²) >= 11 is 1.32. The molecule has 136 valence electrons. The molecule has 0 unspecified atom stereocenters. The number of carbonyl (C=O) groups is 2. The van der Waals surface area contributed by atoms with Crippen molar-refractivity contribution < 1.29 is 14.3 Å². The van der Waals surface area contributed by atoms with Crippen LogP contribution in [0, 0.1) is 5.41 Å². The minimum Gasteiger partial charge on any atom is -0.466 e. The average molecular weight is 376 g/mol. The van der Waals surface area contributed by atoms with Crippen LogP contribution < -0.4 is 11.1 Å². The van der Waals surface area contributed by atoms with Gasteiger partial charge in [0.2, 0.25) is 5.91 Å². The average Bonchev–Trinajstić information content (AvgIpc) is 2.95. The van der Waals surface area contributed by atoms with Gasteiger partial charge in [-0.3, -0.25) is 9.59 Å². The SMILES string of the molecule is CCOC(=O)Cc1csc(NC(=O)CC2(CN)CCCCC2)n1.Cl. The highest BCUT2D eigenvalue weighted by Crippen LogP contribution is 2.38. The molecule has 1 aromatic rings. The summed E-state index contributed by atoms with van der Waals surface area (Å²) in [6.45, 7) is 2.67. The van der Waals surface area contributed by atoms with E-state index in [1.807, 2.05) is 0 Å². The second-order valence-corrected chi connectivity index (χ2v) is 6.97. The number of anilines is 1. The van der Waals surface area contributed by atoms with Gasteiger partial charge in [0, 0.05) is 11.8 Å². The number of amides is 1. The van der Waals surface area contributed by atoms with Gasteiger partial charge < -0.3 is 15.8 Å². The summed E-state index contributed by atoms with van der Waals surface area (Å²) in [5.74, 6) is -0.352. The molecule has 0 saturated heterocycles. The Hall–Kier alpha value is -1.18. The molecule has 2 rings (SSSR count). The molecule has 1 aliphatic carbocycles. The van der Waals surface area contributed by atoms with Gasteiger partial charge in [0.25, 0.3) is 0 Å². The van der Waals surface area contributed by atoms with E-state index in [4.69, 9.17) is 10.5 Å². The fourth-order valence-corrected chi connectivity index (χ4v) is 3.79. The molecular weight excluding hydrogens is 350 g/mol. The zero-order valence-electron chi connectivity index (χ0n) is 14.0. The van der Waals surface area contributed by atoms with E-state index in [2.05, 4.69) is 10.3 Å². The number of halogens is 1. The van der Waals surface area contributed by atoms with Crippen LogP contribution in [0.3, 0.4) is 0 Å². The second kappa shape index (κ2) is 9.96. The van der Waals surface area contributed by atoms with Crippen molar-refractivity contribution in [3.63, 3.8) is 0 Å². The van der Waals surface area contributed by atoms with Crippen molar-refractivity contribution in [3.8, 4) is 0 Å². The predicted octanol–water partition coefficient (Wildman–Crippen LogP) is 2.91. The monoisotopic (exact) mass is 375 g/mol. The first kappa shape index (κ1) is 20.9. The summed E-state index contributed by atoms with van der Waals surface area (Å²) in [6, 6.07) is 0. The number of nitrogens with two attached hydrogens (primary N) is 1. The van der Waals surface area contributed by atoms with Crippen molar-refractivity contribution in [2.24, 2.45) is 11.1 Å². The molecular formula is C16H26ClN3O3S. The molecule has 1 aliphatic rings. The number of rotatable bonds is 7. The highest BCUT2D eigenvalue weighted by molar-refractivity contribution is 7.13. The number of aromatic nitrogens is 1. The van der Waals surface area contributed by atoms with Gasteiger partial charge in [0.1, 0.15) is 0 Å². The standard InChI is InChI=1S/C16H25N3O3S.ClH/c1-2-22-14(21)8-12-10-23-15(18-12)19-13(20)9-16(11-17)6-4-3-5-7-16;/h10H,2-9,11,17H2,1H3,(H,18,19,20);1H. The van der Waals surface area contributed by atoms with Crippen LogP contribution in [-0.4, -0.2) is 30.0 Å². The Morgan fingerprint density at radius 2 is 2.08 bits per heavy atom. The lowest BCUT2D eigenvalue weighted by molar-refractivity contribution is -0.142. The van der Waals surface area contributed by atoms with Crippen LogP contribution in [0.1, 0.15) is 51.1 Å². The molecule has 1 aromatic heterocycles. The summed E-state index contributed by atoms with van der Waals surface area (Å²) in [5, 5.41) is 5.13. The summed E-state index contributed by atoms with van der Waals surface area (Å²) in [4.78, 5) is 28.0. The lowest BCUT2D eigenvalue weighted by Gasteiger charge is -2.35. The molecule has 0 spiro atoms. The lowest BCUT2D eigenvalue weighted by atomic mass is 9.72. The fraction of sp³-hybridized carbons (Fsp3) is 0.688. The van der Waals surface area contributed by atoms with E-state index in [1.54, 1.807) is 12.3 Å². The molecule has 3 N–H and O–H groups in total. The Kier molecular flexibility index (Phi) is 8.66. The number of nitrogens with zero attached hydrogens (tertiary/aromatic N) is 1. The van der Waals surface area contributed by atoms with Gasteiger partial charge in [-0.1, -0.05) is 19.3 Å². The van der Waals surface area contributed by atoms with Crippen molar-refractivity contribution >= 4 is 40.8 Å². The molecule has 0 radical (unpaired) electrons. The Morgan fingerprint density at radius 3 is 2.71 bits per heavy atom. The molecule has 0 aliphatic heterocycles. The molecule has 0 aromatic carbocycles. The Morgan fingerprint density at radius 1 is 1.38 bits per heavy atom. The van der Waals surface area contributed by atoms with E-state index in [0.717, 1.165) is 25.7 Å². The second-order valence-electron chi connectivity index (χ2n) is 6.12. The van der Waals surface area contributed by atoms with Crippen LogP contribution in [0.25, 0.3) is 0 Å². The minimum absolute atomic E-state index is 0. The summed E-state index contributed by atoms with van der Waals surface area (Å²) < 4.78 is 4.89. The fourth-order valence-electron chi connectivity index (χ4n) is 3.06. The van der Waals surface area contributed by atoms with Crippen LogP contribution in [0.4, 0.5) is 5.13 Å². The third kappa shape index (κ3) is 6.03. The van der Waals surface area contributed by atoms with Gasteiger partial charge in [-0.05, 0) is 31.7 Å². The third-order valence-electron chi connectivity index (χ3n) is 4.31. The third-order valence-corrected chi connectivity index (χ3v) is 5.12. The topological polar surface area (TPSA) is 94.3 Å². The molecule has 0 atom stereocenters. The number of thiazole rings is 1. The van der Waals surface area contributed by atoms with Crippen LogP contribution in [-0.2, 0) is 20.7 Å². The number of hydrogen-bond donors (Lipinski definition) is 2. The van der Waals surface area contributed by atoms with E-state index >= 15 is 0 Å². The predicted molar refractivity (Wildman–Crippen MR) is 97.5 cm³/mol. The maximum Gasteiger partial charge on any atom is 0.311 e. The molecule has 6 nitrogen and oxygen atoms in total. The number of esters is 1. The summed E-state index contributed by atoms with van der Waals surface area (Å²) in [6.07, 6.45) is 6.12. The van der Waals surface area contributed by atoms with Gasteiger partial charge in [0.05, 0.1) is 18.7 Å². The van der Waals surface area contributed by atoms with Gasteiger partial charge in [-0.2, -0.15) is 0 Å². The van der Waals surface area contributed by atoms with E-state index in [-0.39, 0.29) is 36.1 Å². The van der Waals surface area contributed by atoms with Crippen LogP contribution >= 0.6 is 23.7 Å². The zero-order chi connectivity index (χ0) is 16.7. The number of carbonyl (C=O) groups excluding carboxylic acids is 2. The molecule has 8 heteroatoms. The van der Waals surface area contributed by atoms with E-state index in [1.165, 1.54) is 17.8 Å². The smallest absolute Gasteiger partial charge is 0.311 e. The number of hydrogen-bond acceptors (Lipinski definition) is 6. The first-order valence-corrected chi connectivity index (χ1v) is 9.05. The lowest BCUT2D eigenvalue weighted by Crippen LogP contribution is -2.36. The summed E-state index contributed by atoms with van der Waals surface area (Å²) in [5.41, 5.74) is 6.48. The first-order valence-electron chi connectivity index (χ1n) is 8.17. The van der Waals surface area contributed by atoms with E-state index < -0.39 is 0 Å². The highest BCUT2D eigenvalue weighted by atomic mass is 35.5. The van der Waals surface area contributed by atoms with Crippen LogP contribution in [0.5, 0.6) is 0 Å². The number of nitrogens with one attached hydrogen (secondary N) is 1. The van der Waals surface area contributed by atoms with Crippen molar-refractivity contribution in [1.82, 2.24) is 4.98 Å².